The van der Waals surface area contributed by atoms with Crippen molar-refractivity contribution >= 4 is 17.5 Å². The van der Waals surface area contributed by atoms with Crippen LogP contribution in [0.3, 0.4) is 0 Å². The maximum absolute atomic E-state index is 12.0. The normalized spacial score (nSPS) is 17.5. The van der Waals surface area contributed by atoms with Gasteiger partial charge in [-0.15, -0.1) is 0 Å². The Kier molecular flexibility index (Phi) is 4.79. The van der Waals surface area contributed by atoms with Crippen LogP contribution >= 0.6 is 0 Å². The Morgan fingerprint density at radius 1 is 1.57 bits per heavy atom. The summed E-state index contributed by atoms with van der Waals surface area (Å²) in [5.41, 5.74) is 9.98. The number of hydrogen-bond acceptors (Lipinski definition) is 3. The van der Waals surface area contributed by atoms with Gasteiger partial charge in [0.25, 0.3) is 0 Å². The Bertz CT molecular complexity index is 595. The fourth-order valence-electron chi connectivity index (χ4n) is 2.41. The molecule has 2 amide bonds. The van der Waals surface area contributed by atoms with Gasteiger partial charge in [-0.2, -0.15) is 0 Å². The highest BCUT2D eigenvalue weighted by Gasteiger charge is 2.30. The van der Waals surface area contributed by atoms with Crippen molar-refractivity contribution in [1.82, 2.24) is 5.32 Å². The molecule has 1 aliphatic rings. The van der Waals surface area contributed by atoms with Gasteiger partial charge in [-0.3, -0.25) is 9.59 Å². The average Bonchev–Trinajstić information content (AvgIpc) is 2.86. The third kappa shape index (κ3) is 3.73. The number of azide groups is 1. The second kappa shape index (κ2) is 6.76. The molecule has 1 aliphatic heterocycles. The lowest BCUT2D eigenvalue weighted by Gasteiger charge is -2.17. The smallest absolute Gasteiger partial charge is 0.227 e. The summed E-state index contributed by atoms with van der Waals surface area (Å²) in [4.78, 5) is 27.9. The molecule has 0 saturated carbocycles. The maximum Gasteiger partial charge on any atom is 0.227 e. The number of carbonyl (C=O) groups excluding carboxylic acids is 2. The summed E-state index contributed by atoms with van der Waals surface area (Å²) in [5, 5.41) is 6.11. The van der Waals surface area contributed by atoms with E-state index in [1.807, 2.05) is 24.3 Å². The van der Waals surface area contributed by atoms with E-state index in [9.17, 15) is 9.59 Å². The van der Waals surface area contributed by atoms with Crippen molar-refractivity contribution in [3.63, 3.8) is 0 Å². The van der Waals surface area contributed by atoms with Crippen molar-refractivity contribution in [2.24, 2.45) is 11.0 Å². The summed E-state index contributed by atoms with van der Waals surface area (Å²) in [5.74, 6) is 0.00219. The highest BCUT2D eigenvalue weighted by atomic mass is 16.2. The fraction of sp³-hybridized carbons (Fsp3) is 0.429. The van der Waals surface area contributed by atoms with Gasteiger partial charge in [0.2, 0.25) is 11.8 Å². The molecule has 0 aliphatic carbocycles. The van der Waals surface area contributed by atoms with E-state index < -0.39 is 0 Å². The number of anilines is 1. The molecule has 1 atom stereocenters. The van der Waals surface area contributed by atoms with Gasteiger partial charge < -0.3 is 10.2 Å². The molecular weight excluding hydrogens is 270 g/mol. The van der Waals surface area contributed by atoms with Gasteiger partial charge in [0.15, 0.2) is 0 Å². The number of benzene rings is 1. The molecule has 1 unspecified atom stereocenters. The molecule has 1 aromatic rings. The summed E-state index contributed by atoms with van der Waals surface area (Å²) in [6.45, 7) is 0.873. The summed E-state index contributed by atoms with van der Waals surface area (Å²) < 4.78 is 0. The SMILES string of the molecule is CNC(=O)Cc1cccc(N2CC(CN=[N+]=[N-])CC2=O)c1. The van der Waals surface area contributed by atoms with Gasteiger partial charge in [0, 0.05) is 37.2 Å². The van der Waals surface area contributed by atoms with Crippen LogP contribution in [0.1, 0.15) is 12.0 Å². The fourth-order valence-corrected chi connectivity index (χ4v) is 2.41. The highest BCUT2D eigenvalue weighted by molar-refractivity contribution is 5.96. The van der Waals surface area contributed by atoms with Gasteiger partial charge in [0.1, 0.15) is 0 Å². The Labute approximate surface area is 122 Å². The summed E-state index contributed by atoms with van der Waals surface area (Å²) in [6, 6.07) is 7.39. The van der Waals surface area contributed by atoms with Crippen molar-refractivity contribution in [2.75, 3.05) is 25.0 Å². The van der Waals surface area contributed by atoms with E-state index in [2.05, 4.69) is 15.3 Å². The first kappa shape index (κ1) is 14.9. The molecule has 1 N–H and O–H groups in total. The molecule has 1 aromatic carbocycles. The van der Waals surface area contributed by atoms with Gasteiger partial charge >= 0.3 is 0 Å². The Hall–Kier alpha value is -2.53. The zero-order valence-electron chi connectivity index (χ0n) is 11.8. The lowest BCUT2D eigenvalue weighted by Crippen LogP contribution is -2.25. The van der Waals surface area contributed by atoms with Crippen molar-refractivity contribution in [3.8, 4) is 0 Å². The van der Waals surface area contributed by atoms with Crippen molar-refractivity contribution in [3.05, 3.63) is 40.3 Å². The van der Waals surface area contributed by atoms with E-state index >= 15 is 0 Å². The number of likely N-dealkylation sites (N-methyl/N-ethyl adjacent to an activating group) is 1. The van der Waals surface area contributed by atoms with E-state index in [4.69, 9.17) is 5.53 Å². The van der Waals surface area contributed by atoms with Gasteiger partial charge in [-0.1, -0.05) is 17.2 Å². The van der Waals surface area contributed by atoms with E-state index in [1.165, 1.54) is 0 Å². The minimum absolute atomic E-state index is 0.0187. The van der Waals surface area contributed by atoms with Crippen molar-refractivity contribution < 1.29 is 9.59 Å². The number of carbonyl (C=O) groups is 2. The molecule has 0 bridgehead atoms. The molecule has 2 rings (SSSR count). The van der Waals surface area contributed by atoms with Crippen LogP contribution in [0, 0.1) is 5.92 Å². The molecule has 0 aromatic heterocycles. The molecule has 1 fully saturated rings. The third-order valence-electron chi connectivity index (χ3n) is 3.47. The first-order valence-electron chi connectivity index (χ1n) is 6.74. The molecule has 0 spiro atoms. The van der Waals surface area contributed by atoms with Crippen molar-refractivity contribution in [2.45, 2.75) is 12.8 Å². The Morgan fingerprint density at radius 3 is 3.10 bits per heavy atom. The van der Waals surface area contributed by atoms with Gasteiger partial charge in [-0.25, -0.2) is 0 Å². The highest BCUT2D eigenvalue weighted by Crippen LogP contribution is 2.26. The molecule has 21 heavy (non-hydrogen) atoms. The molecule has 0 radical (unpaired) electrons. The largest absolute Gasteiger partial charge is 0.359 e. The monoisotopic (exact) mass is 287 g/mol. The zero-order valence-corrected chi connectivity index (χ0v) is 11.8. The van der Waals surface area contributed by atoms with Gasteiger partial charge in [0.05, 0.1) is 6.42 Å². The number of nitrogens with one attached hydrogen (secondary N) is 1. The molecule has 1 saturated heterocycles. The Morgan fingerprint density at radius 2 is 2.38 bits per heavy atom. The van der Waals surface area contributed by atoms with Crippen LogP contribution in [0.4, 0.5) is 5.69 Å². The van der Waals surface area contributed by atoms with Crippen LogP contribution in [0.15, 0.2) is 29.4 Å². The first-order valence-corrected chi connectivity index (χ1v) is 6.74. The number of amides is 2. The lowest BCUT2D eigenvalue weighted by atomic mass is 10.1. The van der Waals surface area contributed by atoms with Crippen LogP contribution in [0.5, 0.6) is 0 Å². The van der Waals surface area contributed by atoms with Crippen LogP contribution < -0.4 is 10.2 Å². The van der Waals surface area contributed by atoms with E-state index in [0.717, 1.165) is 11.3 Å². The molecule has 110 valence electrons. The maximum atomic E-state index is 12.0. The van der Waals surface area contributed by atoms with Crippen LogP contribution in [-0.2, 0) is 16.0 Å². The molecular formula is C14H17N5O2. The summed E-state index contributed by atoms with van der Waals surface area (Å²) in [7, 11) is 1.59. The molecule has 7 nitrogen and oxygen atoms in total. The van der Waals surface area contributed by atoms with Crippen LogP contribution in [0.2, 0.25) is 0 Å². The van der Waals surface area contributed by atoms with Crippen molar-refractivity contribution in [1.29, 1.82) is 0 Å². The van der Waals surface area contributed by atoms with Gasteiger partial charge in [-0.05, 0) is 29.1 Å². The second-order valence-electron chi connectivity index (χ2n) is 5.01. The predicted octanol–water partition coefficient (Wildman–Crippen LogP) is 1.64. The summed E-state index contributed by atoms with van der Waals surface area (Å²) in [6.07, 6.45) is 0.674. The standard InChI is InChI=1S/C14H17N5O2/c1-16-13(20)6-10-3-2-4-12(5-10)19-9-11(7-14(19)21)8-17-18-15/h2-5,11H,6-9H2,1H3,(H,16,20). The van der Waals surface area contributed by atoms with E-state index in [0.29, 0.717) is 19.5 Å². The Balaban J connectivity index is 2.11. The topological polar surface area (TPSA) is 98.2 Å². The average molecular weight is 287 g/mol. The third-order valence-corrected chi connectivity index (χ3v) is 3.47. The zero-order chi connectivity index (χ0) is 15.2. The second-order valence-corrected chi connectivity index (χ2v) is 5.01. The molecule has 7 heteroatoms. The minimum Gasteiger partial charge on any atom is -0.359 e. The first-order chi connectivity index (χ1) is 10.1. The molecule has 1 heterocycles. The minimum atomic E-state index is -0.0684. The van der Waals surface area contributed by atoms with E-state index in [-0.39, 0.29) is 24.2 Å². The lowest BCUT2D eigenvalue weighted by molar-refractivity contribution is -0.120. The number of nitrogens with zero attached hydrogens (tertiary/aromatic N) is 4. The van der Waals surface area contributed by atoms with E-state index in [1.54, 1.807) is 11.9 Å². The van der Waals surface area contributed by atoms with Crippen LogP contribution in [-0.4, -0.2) is 32.0 Å². The summed E-state index contributed by atoms with van der Waals surface area (Å²) >= 11 is 0. The van der Waals surface area contributed by atoms with Crippen LogP contribution in [0.25, 0.3) is 10.4 Å². The number of hydrogen-bond donors (Lipinski definition) is 1. The predicted molar refractivity (Wildman–Crippen MR) is 78.7 cm³/mol. The quantitative estimate of drug-likeness (QED) is 0.506. The number of rotatable bonds is 5.